The van der Waals surface area contributed by atoms with Crippen molar-refractivity contribution in [3.8, 4) is 0 Å². The molecule has 2 aliphatic rings. The lowest BCUT2D eigenvalue weighted by Gasteiger charge is -2.29. The number of ether oxygens (including phenoxy) is 1. The third kappa shape index (κ3) is 3.26. The summed E-state index contributed by atoms with van der Waals surface area (Å²) in [6.45, 7) is 1.78. The Morgan fingerprint density at radius 2 is 2.22 bits per heavy atom. The van der Waals surface area contributed by atoms with Crippen LogP contribution in [0.4, 0.5) is 4.39 Å². The van der Waals surface area contributed by atoms with Gasteiger partial charge in [-0.2, -0.15) is 0 Å². The SMILES string of the molecule is C[C@@]1(c2nc(CC(=O)c3ncc(Cl)cc3Cl)ccc2F)N=C(N)O[C@H]2C[C@H]21. The molecule has 0 unspecified atom stereocenters. The summed E-state index contributed by atoms with van der Waals surface area (Å²) in [5.74, 6) is -0.836. The van der Waals surface area contributed by atoms with E-state index in [-0.39, 0.29) is 46.7 Å². The molecule has 1 aliphatic heterocycles. The summed E-state index contributed by atoms with van der Waals surface area (Å²) >= 11 is 11.8. The Labute approximate surface area is 164 Å². The zero-order chi connectivity index (χ0) is 19.3. The Balaban J connectivity index is 1.65. The lowest BCUT2D eigenvalue weighted by molar-refractivity contribution is 0.0987. The molecule has 0 bridgehead atoms. The maximum Gasteiger partial charge on any atom is 0.283 e. The standard InChI is InChI=1S/C18H15Cl2FN4O2/c1-18(10-6-14(10)27-17(22)25-18)16-12(21)3-2-9(24-16)5-13(26)15-11(20)4-8(19)7-23-15/h2-4,7,10,14H,5-6H2,1H3,(H2,22,25)/t10-,14+,18-/m1/s1. The monoisotopic (exact) mass is 408 g/mol. The van der Waals surface area contributed by atoms with Crippen molar-refractivity contribution in [1.29, 1.82) is 0 Å². The van der Waals surface area contributed by atoms with Gasteiger partial charge in [-0.05, 0) is 31.5 Å². The quantitative estimate of drug-likeness (QED) is 0.783. The van der Waals surface area contributed by atoms with Crippen molar-refractivity contribution in [2.24, 2.45) is 16.6 Å². The van der Waals surface area contributed by atoms with Crippen molar-refractivity contribution in [1.82, 2.24) is 9.97 Å². The molecule has 2 aromatic rings. The van der Waals surface area contributed by atoms with E-state index >= 15 is 0 Å². The largest absolute Gasteiger partial charge is 0.462 e. The van der Waals surface area contributed by atoms with Crippen LogP contribution in [-0.4, -0.2) is 27.9 Å². The van der Waals surface area contributed by atoms with Crippen LogP contribution in [0.15, 0.2) is 29.4 Å². The zero-order valence-electron chi connectivity index (χ0n) is 14.2. The molecule has 9 heteroatoms. The fourth-order valence-corrected chi connectivity index (χ4v) is 3.90. The molecule has 3 atom stereocenters. The maximum atomic E-state index is 14.5. The molecular formula is C18H15Cl2FN4O2. The van der Waals surface area contributed by atoms with E-state index < -0.39 is 11.4 Å². The number of pyridine rings is 2. The molecule has 0 aromatic carbocycles. The van der Waals surface area contributed by atoms with E-state index in [9.17, 15) is 9.18 Å². The Bertz CT molecular complexity index is 984. The summed E-state index contributed by atoms with van der Waals surface area (Å²) in [4.78, 5) is 25.2. The predicted octanol–water partition coefficient (Wildman–Crippen LogP) is 3.30. The Hall–Kier alpha value is -2.25. The average molecular weight is 409 g/mol. The van der Waals surface area contributed by atoms with Crippen molar-refractivity contribution in [3.05, 3.63) is 57.3 Å². The summed E-state index contributed by atoms with van der Waals surface area (Å²) in [5, 5.41) is 0.491. The van der Waals surface area contributed by atoms with E-state index in [4.69, 9.17) is 33.7 Å². The Morgan fingerprint density at radius 1 is 1.44 bits per heavy atom. The number of hydrogen-bond acceptors (Lipinski definition) is 6. The number of Topliss-reactive ketones (excluding diaryl/α,β-unsaturated/α-hetero) is 1. The Kier molecular flexibility index (Phi) is 4.31. The summed E-state index contributed by atoms with van der Waals surface area (Å²) in [7, 11) is 0. The first-order valence-electron chi connectivity index (χ1n) is 8.30. The van der Waals surface area contributed by atoms with Crippen molar-refractivity contribution < 1.29 is 13.9 Å². The highest BCUT2D eigenvalue weighted by Gasteiger charge is 2.58. The molecule has 2 aromatic heterocycles. The van der Waals surface area contributed by atoms with Crippen LogP contribution in [0.5, 0.6) is 0 Å². The van der Waals surface area contributed by atoms with E-state index in [1.54, 1.807) is 6.92 Å². The van der Waals surface area contributed by atoms with Gasteiger partial charge in [0.05, 0.1) is 16.5 Å². The number of halogens is 3. The second-order valence-corrected chi connectivity index (χ2v) is 7.66. The van der Waals surface area contributed by atoms with E-state index in [0.29, 0.717) is 10.7 Å². The van der Waals surface area contributed by atoms with Gasteiger partial charge in [0, 0.05) is 17.8 Å². The van der Waals surface area contributed by atoms with Crippen LogP contribution in [0.2, 0.25) is 10.0 Å². The van der Waals surface area contributed by atoms with Crippen molar-refractivity contribution in [3.63, 3.8) is 0 Å². The van der Waals surface area contributed by atoms with Gasteiger partial charge < -0.3 is 10.5 Å². The van der Waals surface area contributed by atoms with Crippen molar-refractivity contribution >= 4 is 35.0 Å². The summed E-state index contributed by atoms with van der Waals surface area (Å²) in [6, 6.07) is 4.21. The topological polar surface area (TPSA) is 90.5 Å². The second-order valence-electron chi connectivity index (χ2n) is 6.81. The number of amidine groups is 1. The van der Waals surface area contributed by atoms with Gasteiger partial charge in [0.1, 0.15) is 28.8 Å². The zero-order valence-corrected chi connectivity index (χ0v) is 15.8. The van der Waals surface area contributed by atoms with Gasteiger partial charge in [-0.3, -0.25) is 9.78 Å². The summed E-state index contributed by atoms with van der Waals surface area (Å²) < 4.78 is 19.9. The number of aromatic nitrogens is 2. The average Bonchev–Trinajstić information content (AvgIpc) is 3.36. The smallest absolute Gasteiger partial charge is 0.283 e. The third-order valence-corrected chi connectivity index (χ3v) is 5.36. The van der Waals surface area contributed by atoms with Crippen LogP contribution in [0, 0.1) is 11.7 Å². The molecule has 2 N–H and O–H groups in total. The molecule has 1 saturated carbocycles. The molecule has 0 amide bonds. The van der Waals surface area contributed by atoms with Crippen molar-refractivity contribution in [2.45, 2.75) is 31.4 Å². The van der Waals surface area contributed by atoms with Gasteiger partial charge in [0.2, 0.25) is 0 Å². The van der Waals surface area contributed by atoms with Crippen LogP contribution in [-0.2, 0) is 16.7 Å². The first-order chi connectivity index (χ1) is 12.8. The highest BCUT2D eigenvalue weighted by molar-refractivity contribution is 6.36. The van der Waals surface area contributed by atoms with Gasteiger partial charge >= 0.3 is 0 Å². The highest BCUT2D eigenvalue weighted by atomic mass is 35.5. The molecule has 27 heavy (non-hydrogen) atoms. The number of carbonyl (C=O) groups excluding carboxylic acids is 1. The van der Waals surface area contributed by atoms with Crippen LogP contribution in [0.25, 0.3) is 0 Å². The minimum Gasteiger partial charge on any atom is -0.462 e. The fraction of sp³-hybridized carbons (Fsp3) is 0.333. The molecule has 3 heterocycles. The molecule has 0 radical (unpaired) electrons. The van der Waals surface area contributed by atoms with Gasteiger partial charge in [-0.1, -0.05) is 23.2 Å². The van der Waals surface area contributed by atoms with E-state index in [1.165, 1.54) is 24.4 Å². The number of carbonyl (C=O) groups is 1. The predicted molar refractivity (Wildman–Crippen MR) is 98.4 cm³/mol. The Morgan fingerprint density at radius 3 is 2.96 bits per heavy atom. The van der Waals surface area contributed by atoms with Crippen molar-refractivity contribution in [2.75, 3.05) is 0 Å². The first kappa shape index (κ1) is 18.1. The van der Waals surface area contributed by atoms with Crippen LogP contribution < -0.4 is 5.73 Å². The van der Waals surface area contributed by atoms with Gasteiger partial charge in [0.15, 0.2) is 5.78 Å². The van der Waals surface area contributed by atoms with E-state index in [2.05, 4.69) is 15.0 Å². The minimum atomic E-state index is -0.924. The van der Waals surface area contributed by atoms with Gasteiger partial charge in [0.25, 0.3) is 6.02 Å². The lowest BCUT2D eigenvalue weighted by atomic mass is 9.90. The number of aliphatic imine (C=N–C) groups is 1. The normalized spacial score (nSPS) is 26.0. The maximum absolute atomic E-state index is 14.5. The second kappa shape index (κ2) is 6.42. The summed E-state index contributed by atoms with van der Waals surface area (Å²) in [5.41, 5.74) is 5.44. The molecule has 4 rings (SSSR count). The number of rotatable bonds is 4. The molecule has 6 nitrogen and oxygen atoms in total. The number of ketones is 1. The van der Waals surface area contributed by atoms with Crippen LogP contribution >= 0.6 is 23.2 Å². The molecule has 0 spiro atoms. The highest BCUT2D eigenvalue weighted by Crippen LogP contribution is 2.52. The minimum absolute atomic E-state index is 0.00475. The fourth-order valence-electron chi connectivity index (χ4n) is 3.42. The molecular weight excluding hydrogens is 394 g/mol. The number of hydrogen-bond donors (Lipinski definition) is 1. The first-order valence-corrected chi connectivity index (χ1v) is 9.05. The van der Waals surface area contributed by atoms with Crippen LogP contribution in [0.3, 0.4) is 0 Å². The summed E-state index contributed by atoms with van der Waals surface area (Å²) in [6.07, 6.45) is 1.92. The third-order valence-electron chi connectivity index (χ3n) is 4.87. The van der Waals surface area contributed by atoms with Gasteiger partial charge in [-0.25, -0.2) is 14.4 Å². The van der Waals surface area contributed by atoms with E-state index in [1.807, 2.05) is 0 Å². The number of fused-ring (bicyclic) bond motifs is 1. The van der Waals surface area contributed by atoms with Gasteiger partial charge in [-0.15, -0.1) is 0 Å². The number of nitrogens with two attached hydrogens (primary N) is 1. The number of nitrogens with zero attached hydrogens (tertiary/aromatic N) is 3. The van der Waals surface area contributed by atoms with E-state index in [0.717, 1.165) is 6.42 Å². The van der Waals surface area contributed by atoms with Crippen LogP contribution in [0.1, 0.15) is 35.2 Å². The molecule has 140 valence electrons. The molecule has 0 saturated heterocycles. The lowest BCUT2D eigenvalue weighted by Crippen LogP contribution is -2.36. The molecule has 1 fully saturated rings. The molecule has 1 aliphatic carbocycles.